The first-order valence-electron chi connectivity index (χ1n) is 13.5. The highest BCUT2D eigenvalue weighted by Gasteiger charge is 2.35. The molecule has 3 rings (SSSR count). The van der Waals surface area contributed by atoms with Crippen LogP contribution in [0.1, 0.15) is 94.5 Å². The van der Waals surface area contributed by atoms with Crippen LogP contribution in [-0.4, -0.2) is 47.9 Å². The van der Waals surface area contributed by atoms with E-state index in [0.717, 1.165) is 35.1 Å². The molecule has 0 spiro atoms. The van der Waals surface area contributed by atoms with Crippen LogP contribution >= 0.6 is 0 Å². The number of Topliss-reactive ketones (excluding diaryl/α,β-unsaturated/α-hetero) is 1. The fourth-order valence-corrected chi connectivity index (χ4v) is 4.84. The Balaban J connectivity index is 2.01. The lowest BCUT2D eigenvalue weighted by Gasteiger charge is -2.31. The van der Waals surface area contributed by atoms with Gasteiger partial charge in [-0.3, -0.25) is 14.4 Å². The van der Waals surface area contributed by atoms with Crippen molar-refractivity contribution in [2.45, 2.75) is 72.6 Å². The fourth-order valence-electron chi connectivity index (χ4n) is 4.84. The summed E-state index contributed by atoms with van der Waals surface area (Å²) in [4.78, 5) is 37.4. The first-order valence-corrected chi connectivity index (χ1v) is 13.5. The Labute approximate surface area is 231 Å². The van der Waals surface area contributed by atoms with Crippen molar-refractivity contribution >= 4 is 28.6 Å². The normalized spacial score (nSPS) is 12.1. The molecule has 2 aromatic carbocycles. The van der Waals surface area contributed by atoms with E-state index in [-0.39, 0.29) is 30.8 Å². The lowest BCUT2D eigenvalue weighted by Crippen LogP contribution is -2.31. The quantitative estimate of drug-likeness (QED) is 0.290. The Hall–Kier alpha value is -3.61. The Morgan fingerprint density at radius 2 is 1.67 bits per heavy atom. The van der Waals surface area contributed by atoms with Crippen molar-refractivity contribution in [2.75, 3.05) is 20.2 Å². The number of rotatable bonds is 11. The highest BCUT2D eigenvalue weighted by Crippen LogP contribution is 2.43. The number of ether oxygens (including phenoxy) is 1. The molecule has 1 aromatic heterocycles. The average Bonchev–Trinajstić information content (AvgIpc) is 3.30. The van der Waals surface area contributed by atoms with Gasteiger partial charge in [0.1, 0.15) is 30.2 Å². The van der Waals surface area contributed by atoms with Gasteiger partial charge in [0.05, 0.1) is 5.41 Å². The third kappa shape index (κ3) is 6.35. The van der Waals surface area contributed by atoms with Crippen LogP contribution in [0.2, 0.25) is 0 Å². The molecule has 39 heavy (non-hydrogen) atoms. The maximum atomic E-state index is 12.7. The van der Waals surface area contributed by atoms with Gasteiger partial charge in [0, 0.05) is 23.4 Å². The first-order chi connectivity index (χ1) is 18.2. The third-order valence-electron chi connectivity index (χ3n) is 7.54. The molecular formula is C32H41NO6. The number of carboxylic acid groups (broad SMARTS) is 1. The van der Waals surface area contributed by atoms with Gasteiger partial charge in [0.15, 0.2) is 5.78 Å². The number of hydrogen-bond donors (Lipinski definition) is 1. The van der Waals surface area contributed by atoms with E-state index in [1.54, 1.807) is 18.2 Å². The van der Waals surface area contributed by atoms with Gasteiger partial charge < -0.3 is 19.2 Å². The van der Waals surface area contributed by atoms with Gasteiger partial charge in [-0.15, -0.1) is 0 Å². The smallest absolute Gasteiger partial charge is 0.323 e. The molecule has 0 fully saturated rings. The lowest BCUT2D eigenvalue weighted by atomic mass is 9.73. The highest BCUT2D eigenvalue weighted by molar-refractivity contribution is 5.99. The minimum Gasteiger partial charge on any atom is -0.486 e. The maximum absolute atomic E-state index is 12.7. The molecule has 3 aromatic rings. The van der Waals surface area contributed by atoms with E-state index in [2.05, 4.69) is 39.8 Å². The van der Waals surface area contributed by atoms with Crippen molar-refractivity contribution in [1.29, 1.82) is 0 Å². The van der Waals surface area contributed by atoms with Gasteiger partial charge in [-0.2, -0.15) is 0 Å². The standard InChI is InChI=1S/C32H41NO6/c1-9-32(10-2,23-12-14-26(24(17-23)20(3)4)38-19-27(34)31(5,6)7)28-16-22-15-21(11-13-25(22)39-28)30(37)33(8)18-29(35)36/h11-17,20H,9-10,18-19H2,1-8H3,(H,35,36). The molecule has 0 atom stereocenters. The van der Waals surface area contributed by atoms with Gasteiger partial charge >= 0.3 is 5.97 Å². The molecule has 0 saturated heterocycles. The van der Waals surface area contributed by atoms with Crippen LogP contribution < -0.4 is 4.74 Å². The second-order valence-electron chi connectivity index (χ2n) is 11.6. The molecule has 0 bridgehead atoms. The summed E-state index contributed by atoms with van der Waals surface area (Å²) in [5.41, 5.74) is 2.33. The molecule has 0 unspecified atom stereocenters. The fraction of sp³-hybridized carbons (Fsp3) is 0.469. The van der Waals surface area contributed by atoms with Gasteiger partial charge in [-0.25, -0.2) is 0 Å². The highest BCUT2D eigenvalue weighted by atomic mass is 16.5. The van der Waals surface area contributed by atoms with Crippen LogP contribution in [0, 0.1) is 5.41 Å². The predicted octanol–water partition coefficient (Wildman–Crippen LogP) is 6.81. The number of carbonyl (C=O) groups excluding carboxylic acids is 2. The molecule has 1 heterocycles. The topological polar surface area (TPSA) is 97.1 Å². The summed E-state index contributed by atoms with van der Waals surface area (Å²) < 4.78 is 12.4. The molecule has 0 aliphatic carbocycles. The Kier molecular flexibility index (Phi) is 8.94. The van der Waals surface area contributed by atoms with Crippen molar-refractivity contribution in [3.8, 4) is 5.75 Å². The van der Waals surface area contributed by atoms with E-state index in [9.17, 15) is 14.4 Å². The zero-order valence-corrected chi connectivity index (χ0v) is 24.4. The number of hydrogen-bond acceptors (Lipinski definition) is 5. The number of benzene rings is 2. The first kappa shape index (κ1) is 29.9. The van der Waals surface area contributed by atoms with Crippen LogP contribution in [0.25, 0.3) is 11.0 Å². The Bertz CT molecular complexity index is 1360. The minimum atomic E-state index is -1.06. The summed E-state index contributed by atoms with van der Waals surface area (Å²) >= 11 is 0. The number of carboxylic acids is 1. The molecule has 210 valence electrons. The number of likely N-dealkylation sites (N-methyl/N-ethyl adjacent to an activating group) is 1. The summed E-state index contributed by atoms with van der Waals surface area (Å²) in [6.45, 7) is 13.8. The second kappa shape index (κ2) is 11.6. The van der Waals surface area contributed by atoms with E-state index in [4.69, 9.17) is 14.3 Å². The van der Waals surface area contributed by atoms with Crippen molar-refractivity contribution < 1.29 is 28.6 Å². The average molecular weight is 536 g/mol. The number of furan rings is 1. The van der Waals surface area contributed by atoms with Gasteiger partial charge in [0.2, 0.25) is 0 Å². The number of carbonyl (C=O) groups is 3. The van der Waals surface area contributed by atoms with E-state index in [1.807, 2.05) is 32.9 Å². The molecule has 0 aliphatic heterocycles. The van der Waals surface area contributed by atoms with Crippen LogP contribution in [0.5, 0.6) is 5.75 Å². The third-order valence-corrected chi connectivity index (χ3v) is 7.54. The van der Waals surface area contributed by atoms with Crippen LogP contribution in [0.15, 0.2) is 46.9 Å². The van der Waals surface area contributed by atoms with Crippen LogP contribution in [0.4, 0.5) is 0 Å². The van der Waals surface area contributed by atoms with Gasteiger partial charge in [-0.05, 0) is 60.2 Å². The van der Waals surface area contributed by atoms with Crippen molar-refractivity contribution in [3.05, 3.63) is 64.9 Å². The molecule has 0 aliphatic rings. The maximum Gasteiger partial charge on any atom is 0.323 e. The Morgan fingerprint density at radius 1 is 1.00 bits per heavy atom. The monoisotopic (exact) mass is 535 g/mol. The van der Waals surface area contributed by atoms with Crippen molar-refractivity contribution in [2.24, 2.45) is 5.41 Å². The minimum absolute atomic E-state index is 0.0293. The second-order valence-corrected chi connectivity index (χ2v) is 11.6. The van der Waals surface area contributed by atoms with Crippen LogP contribution in [-0.2, 0) is 15.0 Å². The number of fused-ring (bicyclic) bond motifs is 1. The van der Waals surface area contributed by atoms with E-state index in [1.165, 1.54) is 11.9 Å². The number of ketones is 1. The summed E-state index contributed by atoms with van der Waals surface area (Å²) in [7, 11) is 1.47. The lowest BCUT2D eigenvalue weighted by molar-refractivity contribution is -0.137. The summed E-state index contributed by atoms with van der Waals surface area (Å²) in [6.07, 6.45) is 1.58. The molecule has 0 radical (unpaired) electrons. The Morgan fingerprint density at radius 3 is 2.23 bits per heavy atom. The SMILES string of the molecule is CCC(CC)(c1ccc(OCC(=O)C(C)(C)C)c(C(C)C)c1)c1cc2cc(C(=O)N(C)CC(=O)O)ccc2o1. The van der Waals surface area contributed by atoms with Gasteiger partial charge in [0.25, 0.3) is 5.91 Å². The van der Waals surface area contributed by atoms with E-state index >= 15 is 0 Å². The molecular weight excluding hydrogens is 494 g/mol. The van der Waals surface area contributed by atoms with Crippen LogP contribution in [0.3, 0.4) is 0 Å². The van der Waals surface area contributed by atoms with E-state index < -0.39 is 16.8 Å². The summed E-state index contributed by atoms with van der Waals surface area (Å²) in [5.74, 6) is 0.325. The molecule has 1 N–H and O–H groups in total. The summed E-state index contributed by atoms with van der Waals surface area (Å²) in [5, 5.41) is 9.82. The van der Waals surface area contributed by atoms with E-state index in [0.29, 0.717) is 16.9 Å². The molecule has 1 amide bonds. The largest absolute Gasteiger partial charge is 0.486 e. The predicted molar refractivity (Wildman–Crippen MR) is 153 cm³/mol. The van der Waals surface area contributed by atoms with Crippen molar-refractivity contribution in [3.63, 3.8) is 0 Å². The zero-order valence-electron chi connectivity index (χ0n) is 24.4. The molecule has 7 heteroatoms. The summed E-state index contributed by atoms with van der Waals surface area (Å²) in [6, 6.07) is 13.3. The number of nitrogens with zero attached hydrogens (tertiary/aromatic N) is 1. The van der Waals surface area contributed by atoms with Gasteiger partial charge in [-0.1, -0.05) is 60.6 Å². The molecule has 0 saturated carbocycles. The number of amides is 1. The van der Waals surface area contributed by atoms with Crippen molar-refractivity contribution in [1.82, 2.24) is 4.90 Å². The number of aliphatic carboxylic acids is 1. The zero-order chi connectivity index (χ0) is 29.1. The molecule has 7 nitrogen and oxygen atoms in total.